The van der Waals surface area contributed by atoms with Crippen molar-refractivity contribution in [1.29, 1.82) is 0 Å². The molecule has 0 bridgehead atoms. The van der Waals surface area contributed by atoms with Crippen molar-refractivity contribution in [2.75, 3.05) is 5.32 Å². The van der Waals surface area contributed by atoms with E-state index in [0.29, 0.717) is 18.5 Å². The average molecular weight is 283 g/mol. The van der Waals surface area contributed by atoms with E-state index in [2.05, 4.69) is 36.5 Å². The number of phenols is 1. The van der Waals surface area contributed by atoms with Crippen LogP contribution < -0.4 is 5.32 Å². The fraction of sp³-hybridized carbons (Fsp3) is 0.278. The first kappa shape index (κ1) is 15.1. The van der Waals surface area contributed by atoms with Crippen LogP contribution in [0.3, 0.4) is 0 Å². The summed E-state index contributed by atoms with van der Waals surface area (Å²) in [6, 6.07) is 13.5. The Hall–Kier alpha value is -2.29. The molecule has 0 aromatic heterocycles. The first-order valence-electron chi connectivity index (χ1n) is 7.25. The zero-order valence-corrected chi connectivity index (χ0v) is 12.5. The molecule has 3 heteroatoms. The molecule has 0 radical (unpaired) electrons. The number of hydrogen-bond acceptors (Lipinski definition) is 2. The summed E-state index contributed by atoms with van der Waals surface area (Å²) in [5, 5.41) is 12.5. The third-order valence-corrected chi connectivity index (χ3v) is 3.50. The van der Waals surface area contributed by atoms with E-state index in [1.54, 1.807) is 12.1 Å². The normalized spacial score (nSPS) is 10.4. The summed E-state index contributed by atoms with van der Waals surface area (Å²) >= 11 is 0. The number of nitrogens with one attached hydrogen (secondary N) is 1. The molecule has 0 aliphatic rings. The standard InChI is InChI=1S/C18H21NO2/c1-3-14-5-7-15(8-6-14)9-11-18(21)19-16-10-4-13(2)12-17(16)20/h4-8,10,12,20H,3,9,11H2,1-2H3,(H,19,21). The Bertz CT molecular complexity index is 618. The van der Waals surface area contributed by atoms with Gasteiger partial charge in [-0.25, -0.2) is 0 Å². The minimum absolute atomic E-state index is 0.0891. The van der Waals surface area contributed by atoms with Gasteiger partial charge in [0.25, 0.3) is 0 Å². The number of anilines is 1. The van der Waals surface area contributed by atoms with E-state index in [1.807, 2.05) is 13.0 Å². The first-order valence-corrected chi connectivity index (χ1v) is 7.25. The van der Waals surface area contributed by atoms with Crippen LogP contribution in [0, 0.1) is 6.92 Å². The zero-order valence-electron chi connectivity index (χ0n) is 12.5. The molecule has 0 saturated heterocycles. The molecule has 0 aliphatic carbocycles. The highest BCUT2D eigenvalue weighted by molar-refractivity contribution is 5.92. The predicted molar refractivity (Wildman–Crippen MR) is 85.6 cm³/mol. The molecule has 2 N–H and O–H groups in total. The summed E-state index contributed by atoms with van der Waals surface area (Å²) in [6.07, 6.45) is 2.12. The van der Waals surface area contributed by atoms with Gasteiger partial charge >= 0.3 is 0 Å². The van der Waals surface area contributed by atoms with Crippen LogP contribution >= 0.6 is 0 Å². The van der Waals surface area contributed by atoms with Crippen molar-refractivity contribution in [3.63, 3.8) is 0 Å². The lowest BCUT2D eigenvalue weighted by atomic mass is 10.1. The quantitative estimate of drug-likeness (QED) is 0.819. The number of benzene rings is 2. The van der Waals surface area contributed by atoms with Crippen LogP contribution in [0.5, 0.6) is 5.75 Å². The molecule has 0 fully saturated rings. The monoisotopic (exact) mass is 283 g/mol. The number of rotatable bonds is 5. The van der Waals surface area contributed by atoms with Crippen LogP contribution in [0.15, 0.2) is 42.5 Å². The Morgan fingerprint density at radius 2 is 1.76 bits per heavy atom. The van der Waals surface area contributed by atoms with E-state index >= 15 is 0 Å². The Balaban J connectivity index is 1.89. The number of carbonyl (C=O) groups is 1. The van der Waals surface area contributed by atoms with Crippen LogP contribution in [-0.2, 0) is 17.6 Å². The second kappa shape index (κ2) is 6.93. The number of phenolic OH excluding ortho intramolecular Hbond substituents is 1. The summed E-state index contributed by atoms with van der Waals surface area (Å²) in [6.45, 7) is 4.02. The van der Waals surface area contributed by atoms with Crippen molar-refractivity contribution in [2.45, 2.75) is 33.1 Å². The maximum Gasteiger partial charge on any atom is 0.224 e. The molecular formula is C18H21NO2. The number of carbonyl (C=O) groups excluding carboxylic acids is 1. The molecule has 3 nitrogen and oxygen atoms in total. The lowest BCUT2D eigenvalue weighted by Crippen LogP contribution is -2.12. The number of hydrogen-bond donors (Lipinski definition) is 2. The van der Waals surface area contributed by atoms with Gasteiger partial charge in [-0.2, -0.15) is 0 Å². The number of aromatic hydroxyl groups is 1. The molecule has 1 amide bonds. The summed E-state index contributed by atoms with van der Waals surface area (Å²) in [7, 11) is 0. The third-order valence-electron chi connectivity index (χ3n) is 3.50. The van der Waals surface area contributed by atoms with Gasteiger partial charge in [0.05, 0.1) is 5.69 Å². The van der Waals surface area contributed by atoms with E-state index in [4.69, 9.17) is 0 Å². The van der Waals surface area contributed by atoms with Gasteiger partial charge in [0.1, 0.15) is 5.75 Å². The second-order valence-electron chi connectivity index (χ2n) is 5.24. The van der Waals surface area contributed by atoms with Crippen molar-refractivity contribution < 1.29 is 9.90 Å². The fourth-order valence-corrected chi connectivity index (χ4v) is 2.16. The van der Waals surface area contributed by atoms with Gasteiger partial charge in [0.2, 0.25) is 5.91 Å². The third kappa shape index (κ3) is 4.35. The Morgan fingerprint density at radius 1 is 1.10 bits per heavy atom. The van der Waals surface area contributed by atoms with Crippen molar-refractivity contribution >= 4 is 11.6 Å². The minimum Gasteiger partial charge on any atom is -0.506 e. The molecule has 0 heterocycles. The molecule has 21 heavy (non-hydrogen) atoms. The maximum atomic E-state index is 11.9. The zero-order chi connectivity index (χ0) is 15.2. The van der Waals surface area contributed by atoms with Crippen LogP contribution in [0.2, 0.25) is 0 Å². The van der Waals surface area contributed by atoms with Gasteiger partial charge in [-0.3, -0.25) is 4.79 Å². The van der Waals surface area contributed by atoms with Crippen LogP contribution in [0.4, 0.5) is 5.69 Å². The molecule has 0 aliphatic heterocycles. The molecule has 0 saturated carbocycles. The van der Waals surface area contributed by atoms with E-state index in [0.717, 1.165) is 17.5 Å². The SMILES string of the molecule is CCc1ccc(CCC(=O)Nc2ccc(C)cc2O)cc1. The smallest absolute Gasteiger partial charge is 0.224 e. The fourth-order valence-electron chi connectivity index (χ4n) is 2.16. The van der Waals surface area contributed by atoms with Gasteiger partial charge in [0, 0.05) is 6.42 Å². The average Bonchev–Trinajstić information content (AvgIpc) is 2.48. The van der Waals surface area contributed by atoms with Crippen molar-refractivity contribution in [3.8, 4) is 5.75 Å². The summed E-state index contributed by atoms with van der Waals surface area (Å²) in [4.78, 5) is 11.9. The molecule has 2 aromatic carbocycles. The highest BCUT2D eigenvalue weighted by Crippen LogP contribution is 2.24. The van der Waals surface area contributed by atoms with E-state index in [9.17, 15) is 9.90 Å². The molecule has 0 spiro atoms. The Labute approximate surface area is 125 Å². The van der Waals surface area contributed by atoms with Crippen molar-refractivity contribution in [1.82, 2.24) is 0 Å². The van der Waals surface area contributed by atoms with E-state index in [1.165, 1.54) is 5.56 Å². The van der Waals surface area contributed by atoms with Crippen molar-refractivity contribution in [3.05, 3.63) is 59.2 Å². The summed E-state index contributed by atoms with van der Waals surface area (Å²) in [5.41, 5.74) is 3.87. The van der Waals surface area contributed by atoms with Gasteiger partial charge in [-0.15, -0.1) is 0 Å². The Kier molecular flexibility index (Phi) is 4.99. The van der Waals surface area contributed by atoms with Crippen LogP contribution in [0.25, 0.3) is 0 Å². The highest BCUT2D eigenvalue weighted by atomic mass is 16.3. The van der Waals surface area contributed by atoms with Gasteiger partial charge in [-0.05, 0) is 48.6 Å². The maximum absolute atomic E-state index is 11.9. The molecule has 0 unspecified atom stereocenters. The predicted octanol–water partition coefficient (Wildman–Crippen LogP) is 3.83. The number of amides is 1. The lowest BCUT2D eigenvalue weighted by Gasteiger charge is -2.08. The van der Waals surface area contributed by atoms with Crippen LogP contribution in [-0.4, -0.2) is 11.0 Å². The molecular weight excluding hydrogens is 262 g/mol. The summed E-state index contributed by atoms with van der Waals surface area (Å²) in [5.74, 6) is 0.0179. The van der Waals surface area contributed by atoms with Crippen molar-refractivity contribution in [2.24, 2.45) is 0 Å². The minimum atomic E-state index is -0.0891. The summed E-state index contributed by atoms with van der Waals surface area (Å²) < 4.78 is 0. The molecule has 110 valence electrons. The molecule has 0 atom stereocenters. The van der Waals surface area contributed by atoms with Gasteiger partial charge in [-0.1, -0.05) is 37.3 Å². The highest BCUT2D eigenvalue weighted by Gasteiger charge is 2.07. The number of aryl methyl sites for hydroxylation is 3. The second-order valence-corrected chi connectivity index (χ2v) is 5.24. The molecule has 2 aromatic rings. The van der Waals surface area contributed by atoms with E-state index in [-0.39, 0.29) is 11.7 Å². The van der Waals surface area contributed by atoms with E-state index < -0.39 is 0 Å². The largest absolute Gasteiger partial charge is 0.506 e. The first-order chi connectivity index (χ1) is 10.1. The van der Waals surface area contributed by atoms with Gasteiger partial charge < -0.3 is 10.4 Å². The molecule has 2 rings (SSSR count). The van der Waals surface area contributed by atoms with Gasteiger partial charge in [0.15, 0.2) is 0 Å². The van der Waals surface area contributed by atoms with Crippen LogP contribution in [0.1, 0.15) is 30.0 Å². The lowest BCUT2D eigenvalue weighted by molar-refractivity contribution is -0.116. The topological polar surface area (TPSA) is 49.3 Å². The Morgan fingerprint density at radius 3 is 2.38 bits per heavy atom.